The molecule has 0 bridgehead atoms. The number of hydrogen-bond donors (Lipinski definition) is 0. The van der Waals surface area contributed by atoms with Crippen molar-refractivity contribution < 1.29 is 9.47 Å². The van der Waals surface area contributed by atoms with Crippen LogP contribution in [0.2, 0.25) is 5.02 Å². The van der Waals surface area contributed by atoms with E-state index in [1.165, 1.54) is 5.56 Å². The highest BCUT2D eigenvalue weighted by Gasteiger charge is 2.26. The monoisotopic (exact) mass is 253 g/mol. The first-order valence-corrected chi connectivity index (χ1v) is 6.47. The fraction of sp³-hybridized carbons (Fsp3) is 0.538. The van der Waals surface area contributed by atoms with Gasteiger partial charge in [-0.25, -0.2) is 0 Å². The number of halogens is 1. The Morgan fingerprint density at radius 3 is 2.88 bits per heavy atom. The second-order valence-corrected chi connectivity index (χ2v) is 4.95. The minimum absolute atomic E-state index is 0.201. The van der Waals surface area contributed by atoms with E-state index < -0.39 is 0 Å². The van der Waals surface area contributed by atoms with E-state index >= 15 is 0 Å². The van der Waals surface area contributed by atoms with Crippen LogP contribution in [0.3, 0.4) is 0 Å². The largest absolute Gasteiger partial charge is 0.475 e. The Balaban J connectivity index is 1.73. The van der Waals surface area contributed by atoms with Crippen molar-refractivity contribution in [3.8, 4) is 5.75 Å². The lowest BCUT2D eigenvalue weighted by molar-refractivity contribution is -0.0534. The summed E-state index contributed by atoms with van der Waals surface area (Å²) in [5.41, 5.74) is 1.22. The Kier molecular flexibility index (Phi) is 3.23. The van der Waals surface area contributed by atoms with Gasteiger partial charge in [0.1, 0.15) is 5.75 Å². The molecule has 1 aromatic rings. The second-order valence-electron chi connectivity index (χ2n) is 4.51. The third-order valence-corrected chi connectivity index (χ3v) is 3.63. The summed E-state index contributed by atoms with van der Waals surface area (Å²) in [5, 5.41) is 0.789. The third-order valence-electron chi connectivity index (χ3n) is 3.40. The van der Waals surface area contributed by atoms with Crippen LogP contribution in [0.15, 0.2) is 18.2 Å². The van der Waals surface area contributed by atoms with Gasteiger partial charge in [0.25, 0.3) is 0 Å². The van der Waals surface area contributed by atoms with Crippen molar-refractivity contribution in [2.45, 2.75) is 19.1 Å². The van der Waals surface area contributed by atoms with Gasteiger partial charge in [-0.05, 0) is 30.2 Å². The molecule has 2 heterocycles. The molecule has 1 unspecified atom stereocenters. The molecule has 0 radical (unpaired) electrons. The number of hydrogen-bond acceptors (Lipinski definition) is 3. The van der Waals surface area contributed by atoms with Crippen molar-refractivity contribution in [3.63, 3.8) is 0 Å². The Bertz CT molecular complexity index is 404. The van der Waals surface area contributed by atoms with Crippen molar-refractivity contribution in [1.82, 2.24) is 4.90 Å². The SMILES string of the molecule is Clc1ccc2c(c1)CCC(N1CCOCC1)O2. The smallest absolute Gasteiger partial charge is 0.153 e. The fourth-order valence-corrected chi connectivity index (χ4v) is 2.66. The van der Waals surface area contributed by atoms with Gasteiger partial charge < -0.3 is 9.47 Å². The zero-order chi connectivity index (χ0) is 11.7. The van der Waals surface area contributed by atoms with Crippen LogP contribution in [-0.2, 0) is 11.2 Å². The summed E-state index contributed by atoms with van der Waals surface area (Å²) >= 11 is 5.98. The maximum atomic E-state index is 6.04. The lowest BCUT2D eigenvalue weighted by atomic mass is 10.0. The average Bonchev–Trinajstić information content (AvgIpc) is 2.39. The van der Waals surface area contributed by atoms with Crippen molar-refractivity contribution in [2.75, 3.05) is 26.3 Å². The maximum absolute atomic E-state index is 6.04. The minimum Gasteiger partial charge on any atom is -0.475 e. The van der Waals surface area contributed by atoms with E-state index in [1.807, 2.05) is 18.2 Å². The van der Waals surface area contributed by atoms with Crippen molar-refractivity contribution in [2.24, 2.45) is 0 Å². The van der Waals surface area contributed by atoms with Gasteiger partial charge >= 0.3 is 0 Å². The zero-order valence-corrected chi connectivity index (χ0v) is 10.4. The normalized spacial score (nSPS) is 25.1. The molecule has 0 N–H and O–H groups in total. The first-order chi connectivity index (χ1) is 8.33. The lowest BCUT2D eigenvalue weighted by Crippen LogP contribution is -2.47. The zero-order valence-electron chi connectivity index (χ0n) is 9.69. The number of benzene rings is 1. The summed E-state index contributed by atoms with van der Waals surface area (Å²) in [7, 11) is 0. The molecule has 1 aromatic carbocycles. The van der Waals surface area contributed by atoms with Gasteiger partial charge in [0.05, 0.1) is 13.2 Å². The minimum atomic E-state index is 0.201. The van der Waals surface area contributed by atoms with Gasteiger partial charge in [0.2, 0.25) is 0 Å². The van der Waals surface area contributed by atoms with Crippen LogP contribution in [0.1, 0.15) is 12.0 Å². The number of nitrogens with zero attached hydrogens (tertiary/aromatic N) is 1. The van der Waals surface area contributed by atoms with Gasteiger partial charge in [-0.15, -0.1) is 0 Å². The summed E-state index contributed by atoms with van der Waals surface area (Å²) in [6.07, 6.45) is 2.28. The van der Waals surface area contributed by atoms with Crippen LogP contribution in [0.4, 0.5) is 0 Å². The van der Waals surface area contributed by atoms with E-state index in [1.54, 1.807) is 0 Å². The highest BCUT2D eigenvalue weighted by Crippen LogP contribution is 2.31. The van der Waals surface area contributed by atoms with Crippen molar-refractivity contribution in [3.05, 3.63) is 28.8 Å². The second kappa shape index (κ2) is 4.84. The van der Waals surface area contributed by atoms with Crippen LogP contribution in [0.25, 0.3) is 0 Å². The van der Waals surface area contributed by atoms with Gasteiger partial charge in [-0.3, -0.25) is 4.90 Å². The molecule has 1 fully saturated rings. The van der Waals surface area contributed by atoms with E-state index in [0.717, 1.165) is 49.9 Å². The van der Waals surface area contributed by atoms with Gasteiger partial charge in [0, 0.05) is 24.5 Å². The highest BCUT2D eigenvalue weighted by molar-refractivity contribution is 6.30. The van der Waals surface area contributed by atoms with E-state index in [9.17, 15) is 0 Å². The van der Waals surface area contributed by atoms with Gasteiger partial charge in [0.15, 0.2) is 6.23 Å². The maximum Gasteiger partial charge on any atom is 0.153 e. The first-order valence-electron chi connectivity index (χ1n) is 6.10. The van der Waals surface area contributed by atoms with Crippen LogP contribution in [0, 0.1) is 0 Å². The van der Waals surface area contributed by atoms with Crippen LogP contribution < -0.4 is 4.74 Å². The fourth-order valence-electron chi connectivity index (χ4n) is 2.47. The predicted octanol–water partition coefficient (Wildman–Crippen LogP) is 2.32. The molecule has 92 valence electrons. The molecular formula is C13H16ClNO2. The van der Waals surface area contributed by atoms with Crippen LogP contribution >= 0.6 is 11.6 Å². The van der Waals surface area contributed by atoms with E-state index in [2.05, 4.69) is 4.90 Å². The highest BCUT2D eigenvalue weighted by atomic mass is 35.5. The summed E-state index contributed by atoms with van der Waals surface area (Å²) in [6, 6.07) is 5.87. The van der Waals surface area contributed by atoms with E-state index in [0.29, 0.717) is 0 Å². The number of ether oxygens (including phenoxy) is 2. The Morgan fingerprint density at radius 1 is 1.24 bits per heavy atom. The molecule has 4 heteroatoms. The number of fused-ring (bicyclic) bond motifs is 1. The third kappa shape index (κ3) is 2.41. The topological polar surface area (TPSA) is 21.7 Å². The van der Waals surface area contributed by atoms with E-state index in [4.69, 9.17) is 21.1 Å². The van der Waals surface area contributed by atoms with Gasteiger partial charge in [-0.1, -0.05) is 11.6 Å². The van der Waals surface area contributed by atoms with Gasteiger partial charge in [-0.2, -0.15) is 0 Å². The molecule has 0 aliphatic carbocycles. The van der Waals surface area contributed by atoms with Crippen LogP contribution in [0.5, 0.6) is 5.75 Å². The quantitative estimate of drug-likeness (QED) is 0.767. The molecule has 17 heavy (non-hydrogen) atoms. The number of rotatable bonds is 1. The number of aryl methyl sites for hydroxylation is 1. The van der Waals surface area contributed by atoms with E-state index in [-0.39, 0.29) is 6.23 Å². The molecule has 0 aromatic heterocycles. The molecule has 3 rings (SSSR count). The molecule has 3 nitrogen and oxygen atoms in total. The summed E-state index contributed by atoms with van der Waals surface area (Å²) in [4.78, 5) is 2.36. The average molecular weight is 254 g/mol. The Labute approximate surface area is 106 Å². The first kappa shape index (κ1) is 11.3. The molecule has 2 aliphatic rings. The molecule has 2 aliphatic heterocycles. The van der Waals surface area contributed by atoms with Crippen molar-refractivity contribution >= 4 is 11.6 Å². The summed E-state index contributed by atoms with van der Waals surface area (Å²) in [5.74, 6) is 0.983. The molecule has 1 saturated heterocycles. The summed E-state index contributed by atoms with van der Waals surface area (Å²) < 4.78 is 11.4. The molecule has 1 atom stereocenters. The van der Waals surface area contributed by atoms with Crippen molar-refractivity contribution in [1.29, 1.82) is 0 Å². The Morgan fingerprint density at radius 2 is 2.06 bits per heavy atom. The molecule has 0 amide bonds. The predicted molar refractivity (Wildman–Crippen MR) is 66.6 cm³/mol. The lowest BCUT2D eigenvalue weighted by Gasteiger charge is -2.37. The molecular weight excluding hydrogens is 238 g/mol. The number of morpholine rings is 1. The molecule has 0 saturated carbocycles. The Hall–Kier alpha value is -0.770. The molecule has 0 spiro atoms. The van der Waals surface area contributed by atoms with Crippen LogP contribution in [-0.4, -0.2) is 37.4 Å². The summed E-state index contributed by atoms with van der Waals surface area (Å²) in [6.45, 7) is 3.56. The standard InChI is InChI=1S/C13H16ClNO2/c14-11-2-3-12-10(9-11)1-4-13(17-12)15-5-7-16-8-6-15/h2-3,9,13H,1,4-8H2.